The lowest BCUT2D eigenvalue weighted by atomic mass is 10.1. The molecule has 0 aromatic heterocycles. The van der Waals surface area contributed by atoms with E-state index < -0.39 is 36.9 Å². The molecule has 0 radical (unpaired) electrons. The summed E-state index contributed by atoms with van der Waals surface area (Å²) in [5.74, 6) is -1.09. The summed E-state index contributed by atoms with van der Waals surface area (Å²) in [5.41, 5.74) is -1.76. The molecular formula is C11H11ClN2O6S. The van der Waals surface area contributed by atoms with E-state index >= 15 is 0 Å². The van der Waals surface area contributed by atoms with Crippen LogP contribution in [-0.2, 0) is 14.8 Å². The molecule has 21 heavy (non-hydrogen) atoms. The number of benzene rings is 1. The molecule has 1 saturated carbocycles. The third-order valence-corrected chi connectivity index (χ3v) is 5.00. The van der Waals surface area contributed by atoms with Crippen LogP contribution in [0.3, 0.4) is 0 Å². The summed E-state index contributed by atoms with van der Waals surface area (Å²) in [6.07, 6.45) is 0.737. The van der Waals surface area contributed by atoms with Gasteiger partial charge in [0, 0.05) is 17.6 Å². The number of carboxylic acids is 1. The SMILES string of the molecule is O=C(O)C1(CNS(=O)(=O)c2ccc(Cl)cc2[N+](=O)[O-])CC1. The summed E-state index contributed by atoms with van der Waals surface area (Å²) < 4.78 is 26.3. The third-order valence-electron chi connectivity index (χ3n) is 3.32. The third kappa shape index (κ3) is 3.14. The van der Waals surface area contributed by atoms with E-state index in [4.69, 9.17) is 16.7 Å². The maximum absolute atomic E-state index is 12.1. The Bertz CT molecular complexity index is 713. The van der Waals surface area contributed by atoms with Crippen molar-refractivity contribution >= 4 is 33.3 Å². The minimum Gasteiger partial charge on any atom is -0.481 e. The lowest BCUT2D eigenvalue weighted by Crippen LogP contribution is -2.34. The molecule has 0 unspecified atom stereocenters. The fourth-order valence-electron chi connectivity index (χ4n) is 1.79. The maximum atomic E-state index is 12.1. The number of nitro groups is 1. The Balaban J connectivity index is 2.28. The molecule has 1 fully saturated rings. The highest BCUT2D eigenvalue weighted by molar-refractivity contribution is 7.89. The molecule has 1 aliphatic carbocycles. The summed E-state index contributed by atoms with van der Waals surface area (Å²) in [7, 11) is -4.19. The number of halogens is 1. The first-order valence-corrected chi connectivity index (χ1v) is 7.71. The van der Waals surface area contributed by atoms with Gasteiger partial charge in [-0.1, -0.05) is 11.6 Å². The molecule has 10 heteroatoms. The van der Waals surface area contributed by atoms with Crippen molar-refractivity contribution in [3.63, 3.8) is 0 Å². The van der Waals surface area contributed by atoms with Gasteiger partial charge in [0.25, 0.3) is 5.69 Å². The van der Waals surface area contributed by atoms with Gasteiger partial charge in [-0.15, -0.1) is 0 Å². The molecule has 0 bridgehead atoms. The first kappa shape index (κ1) is 15.7. The molecule has 8 nitrogen and oxygen atoms in total. The van der Waals surface area contributed by atoms with Gasteiger partial charge in [-0.25, -0.2) is 13.1 Å². The van der Waals surface area contributed by atoms with Crippen molar-refractivity contribution in [1.29, 1.82) is 0 Å². The van der Waals surface area contributed by atoms with Crippen LogP contribution in [0.15, 0.2) is 23.1 Å². The normalized spacial score (nSPS) is 16.4. The van der Waals surface area contributed by atoms with Crippen molar-refractivity contribution in [3.8, 4) is 0 Å². The van der Waals surface area contributed by atoms with E-state index in [1.807, 2.05) is 0 Å². The van der Waals surface area contributed by atoms with Crippen LogP contribution in [0.5, 0.6) is 0 Å². The molecule has 0 aliphatic heterocycles. The van der Waals surface area contributed by atoms with E-state index in [0.29, 0.717) is 12.8 Å². The number of nitrogens with zero attached hydrogens (tertiary/aromatic N) is 1. The van der Waals surface area contributed by atoms with Crippen molar-refractivity contribution in [2.45, 2.75) is 17.7 Å². The van der Waals surface area contributed by atoms with E-state index in [2.05, 4.69) is 4.72 Å². The van der Waals surface area contributed by atoms with Crippen molar-refractivity contribution in [3.05, 3.63) is 33.3 Å². The van der Waals surface area contributed by atoms with Crippen LogP contribution < -0.4 is 4.72 Å². The predicted octanol–water partition coefficient (Wildman–Crippen LogP) is 1.39. The second kappa shape index (κ2) is 5.24. The fourth-order valence-corrected chi connectivity index (χ4v) is 3.23. The van der Waals surface area contributed by atoms with Gasteiger partial charge in [-0.3, -0.25) is 14.9 Å². The molecule has 1 aromatic carbocycles. The number of rotatable bonds is 6. The first-order valence-electron chi connectivity index (χ1n) is 5.85. The molecule has 0 atom stereocenters. The Hall–Kier alpha value is -1.71. The van der Waals surface area contributed by atoms with Crippen LogP contribution in [-0.4, -0.2) is 31.0 Å². The highest BCUT2D eigenvalue weighted by atomic mass is 35.5. The lowest BCUT2D eigenvalue weighted by Gasteiger charge is -2.12. The standard InChI is InChI=1S/C11H11ClN2O6S/c12-7-1-2-9(8(5-7)14(17)18)21(19,20)13-6-11(3-4-11)10(15)16/h1-2,5,13H,3-4,6H2,(H,15,16). The molecule has 0 heterocycles. The Morgan fingerprint density at radius 1 is 1.48 bits per heavy atom. The van der Waals surface area contributed by atoms with Crippen LogP contribution in [0.4, 0.5) is 5.69 Å². The number of nitro benzene ring substituents is 1. The number of carbonyl (C=O) groups is 1. The van der Waals surface area contributed by atoms with E-state index in [0.717, 1.165) is 12.1 Å². The number of nitrogens with one attached hydrogen (secondary N) is 1. The minimum atomic E-state index is -4.19. The highest BCUT2D eigenvalue weighted by Crippen LogP contribution is 2.45. The molecule has 1 aliphatic rings. The van der Waals surface area contributed by atoms with Gasteiger partial charge in [0.1, 0.15) is 0 Å². The van der Waals surface area contributed by atoms with Crippen LogP contribution in [0.25, 0.3) is 0 Å². The molecule has 2 N–H and O–H groups in total. The summed E-state index contributed by atoms with van der Waals surface area (Å²) >= 11 is 5.61. The number of aliphatic carboxylic acids is 1. The van der Waals surface area contributed by atoms with Gasteiger partial charge in [0.15, 0.2) is 4.90 Å². The van der Waals surface area contributed by atoms with Crippen LogP contribution >= 0.6 is 11.6 Å². The molecular weight excluding hydrogens is 324 g/mol. The average Bonchev–Trinajstić information content (AvgIpc) is 3.17. The second-order valence-corrected chi connectivity index (χ2v) is 6.95. The number of hydrogen-bond acceptors (Lipinski definition) is 5. The monoisotopic (exact) mass is 334 g/mol. The van der Waals surface area contributed by atoms with Crippen LogP contribution in [0.1, 0.15) is 12.8 Å². The first-order chi connectivity index (χ1) is 9.68. The Labute approximate surface area is 124 Å². The van der Waals surface area contributed by atoms with Gasteiger partial charge in [0.2, 0.25) is 10.0 Å². The Kier molecular flexibility index (Phi) is 3.91. The largest absolute Gasteiger partial charge is 0.481 e. The Morgan fingerprint density at radius 2 is 2.10 bits per heavy atom. The molecule has 0 spiro atoms. The Morgan fingerprint density at radius 3 is 2.57 bits per heavy atom. The highest BCUT2D eigenvalue weighted by Gasteiger charge is 2.50. The minimum absolute atomic E-state index is 0.0323. The zero-order chi connectivity index (χ0) is 15.8. The van der Waals surface area contributed by atoms with Crippen molar-refractivity contribution in [2.24, 2.45) is 5.41 Å². The molecule has 0 amide bonds. The predicted molar refractivity (Wildman–Crippen MR) is 72.6 cm³/mol. The van der Waals surface area contributed by atoms with Crippen molar-refractivity contribution < 1.29 is 23.2 Å². The molecule has 2 rings (SSSR count). The van der Waals surface area contributed by atoms with Gasteiger partial charge in [-0.05, 0) is 25.0 Å². The summed E-state index contributed by atoms with van der Waals surface area (Å²) in [5, 5.41) is 19.9. The van der Waals surface area contributed by atoms with E-state index in [1.165, 1.54) is 6.07 Å². The quantitative estimate of drug-likeness (QED) is 0.598. The zero-order valence-corrected chi connectivity index (χ0v) is 12.1. The topological polar surface area (TPSA) is 127 Å². The van der Waals surface area contributed by atoms with Gasteiger partial charge < -0.3 is 5.11 Å². The van der Waals surface area contributed by atoms with Crippen LogP contribution in [0.2, 0.25) is 5.02 Å². The zero-order valence-electron chi connectivity index (χ0n) is 10.6. The fraction of sp³-hybridized carbons (Fsp3) is 0.364. The summed E-state index contributed by atoms with van der Waals surface area (Å²) in [6, 6.07) is 3.16. The summed E-state index contributed by atoms with van der Waals surface area (Å²) in [4.78, 5) is 20.5. The number of carboxylic acid groups (broad SMARTS) is 1. The smallest absolute Gasteiger partial charge is 0.310 e. The number of sulfonamides is 1. The maximum Gasteiger partial charge on any atom is 0.310 e. The molecule has 0 saturated heterocycles. The molecule has 114 valence electrons. The van der Waals surface area contributed by atoms with Gasteiger partial charge in [0.05, 0.1) is 10.3 Å². The average molecular weight is 335 g/mol. The van der Waals surface area contributed by atoms with Gasteiger partial charge >= 0.3 is 5.97 Å². The number of hydrogen-bond donors (Lipinski definition) is 2. The van der Waals surface area contributed by atoms with E-state index in [1.54, 1.807) is 0 Å². The summed E-state index contributed by atoms with van der Waals surface area (Å²) in [6.45, 7) is -0.301. The van der Waals surface area contributed by atoms with Crippen molar-refractivity contribution in [2.75, 3.05) is 6.54 Å². The van der Waals surface area contributed by atoms with Crippen LogP contribution in [0, 0.1) is 15.5 Å². The lowest BCUT2D eigenvalue weighted by molar-refractivity contribution is -0.387. The van der Waals surface area contributed by atoms with Crippen molar-refractivity contribution in [1.82, 2.24) is 4.72 Å². The molecule has 1 aromatic rings. The van der Waals surface area contributed by atoms with Gasteiger partial charge in [-0.2, -0.15) is 0 Å². The second-order valence-electron chi connectivity index (χ2n) is 4.78. The van der Waals surface area contributed by atoms with E-state index in [-0.39, 0.29) is 11.6 Å². The van der Waals surface area contributed by atoms with E-state index in [9.17, 15) is 23.3 Å².